The van der Waals surface area contributed by atoms with Gasteiger partial charge in [0.25, 0.3) is 0 Å². The normalized spacial score (nSPS) is 10.3. The monoisotopic (exact) mass is 286 g/mol. The first-order valence-electron chi connectivity index (χ1n) is 6.00. The number of halogens is 1. The van der Waals surface area contributed by atoms with E-state index in [0.29, 0.717) is 23.1 Å². The highest BCUT2D eigenvalue weighted by Gasteiger charge is 2.05. The standard InChI is InChI=1S/C13H19ClN2O3/c1-18-7-3-6-15-9-13(17)16-10-4-5-12(19-2)11(14)8-10/h4-5,8,15H,3,6-7,9H2,1-2H3,(H,16,17). The Bertz CT molecular complexity index is 413. The van der Waals surface area contributed by atoms with Crippen molar-refractivity contribution in [3.63, 3.8) is 0 Å². The molecule has 1 aromatic rings. The maximum absolute atomic E-state index is 11.6. The van der Waals surface area contributed by atoms with E-state index in [1.807, 2.05) is 0 Å². The number of carbonyl (C=O) groups excluding carboxylic acids is 1. The summed E-state index contributed by atoms with van der Waals surface area (Å²) in [6, 6.07) is 5.11. The van der Waals surface area contributed by atoms with Gasteiger partial charge in [-0.15, -0.1) is 0 Å². The van der Waals surface area contributed by atoms with E-state index in [2.05, 4.69) is 10.6 Å². The van der Waals surface area contributed by atoms with Gasteiger partial charge in [0.15, 0.2) is 0 Å². The van der Waals surface area contributed by atoms with Gasteiger partial charge in [0.05, 0.1) is 18.7 Å². The predicted molar refractivity (Wildman–Crippen MR) is 76.0 cm³/mol. The Kier molecular flexibility index (Phi) is 7.25. The highest BCUT2D eigenvalue weighted by Crippen LogP contribution is 2.26. The van der Waals surface area contributed by atoms with Crippen LogP contribution in [0.1, 0.15) is 6.42 Å². The number of ether oxygens (including phenoxy) is 2. The van der Waals surface area contributed by atoms with Crippen LogP contribution in [-0.4, -0.2) is 39.8 Å². The molecule has 5 nitrogen and oxygen atoms in total. The molecule has 0 saturated heterocycles. The summed E-state index contributed by atoms with van der Waals surface area (Å²) in [5.41, 5.74) is 0.648. The lowest BCUT2D eigenvalue weighted by molar-refractivity contribution is -0.115. The van der Waals surface area contributed by atoms with Gasteiger partial charge in [-0.05, 0) is 31.2 Å². The van der Waals surface area contributed by atoms with E-state index in [1.54, 1.807) is 32.4 Å². The van der Waals surface area contributed by atoms with E-state index in [9.17, 15) is 4.79 Å². The van der Waals surface area contributed by atoms with E-state index in [-0.39, 0.29) is 12.5 Å². The zero-order valence-corrected chi connectivity index (χ0v) is 11.9. The van der Waals surface area contributed by atoms with E-state index < -0.39 is 0 Å². The zero-order valence-electron chi connectivity index (χ0n) is 11.2. The Balaban J connectivity index is 2.34. The van der Waals surface area contributed by atoms with Crippen molar-refractivity contribution in [2.24, 2.45) is 0 Å². The van der Waals surface area contributed by atoms with Gasteiger partial charge in [-0.2, -0.15) is 0 Å². The van der Waals surface area contributed by atoms with E-state index >= 15 is 0 Å². The Hall–Kier alpha value is -1.30. The third-order valence-corrected chi connectivity index (χ3v) is 2.72. The summed E-state index contributed by atoms with van der Waals surface area (Å²) in [6.07, 6.45) is 0.873. The highest BCUT2D eigenvalue weighted by molar-refractivity contribution is 6.32. The van der Waals surface area contributed by atoms with Crippen LogP contribution in [0.2, 0.25) is 5.02 Å². The van der Waals surface area contributed by atoms with Crippen LogP contribution in [0.5, 0.6) is 5.75 Å². The van der Waals surface area contributed by atoms with Crippen LogP contribution in [0.4, 0.5) is 5.69 Å². The molecule has 0 bridgehead atoms. The van der Waals surface area contributed by atoms with E-state index in [1.165, 1.54) is 0 Å². The first-order valence-corrected chi connectivity index (χ1v) is 6.38. The molecule has 0 fully saturated rings. The number of benzene rings is 1. The fourth-order valence-electron chi connectivity index (χ4n) is 1.49. The van der Waals surface area contributed by atoms with Crippen LogP contribution in [-0.2, 0) is 9.53 Å². The van der Waals surface area contributed by atoms with Gasteiger partial charge < -0.3 is 20.1 Å². The van der Waals surface area contributed by atoms with Crippen LogP contribution >= 0.6 is 11.6 Å². The van der Waals surface area contributed by atoms with Crippen LogP contribution in [0.15, 0.2) is 18.2 Å². The molecular weight excluding hydrogens is 268 g/mol. The van der Waals surface area contributed by atoms with Gasteiger partial charge in [-0.1, -0.05) is 11.6 Å². The van der Waals surface area contributed by atoms with Gasteiger partial charge in [0, 0.05) is 19.4 Å². The first-order chi connectivity index (χ1) is 9.17. The molecule has 106 valence electrons. The number of hydrogen-bond acceptors (Lipinski definition) is 4. The molecule has 0 aliphatic rings. The van der Waals surface area contributed by atoms with Crippen molar-refractivity contribution in [1.82, 2.24) is 5.32 Å². The smallest absolute Gasteiger partial charge is 0.238 e. The maximum atomic E-state index is 11.6. The molecular formula is C13H19ClN2O3. The molecule has 1 rings (SSSR count). The number of hydrogen-bond donors (Lipinski definition) is 2. The summed E-state index contributed by atoms with van der Waals surface area (Å²) in [7, 11) is 3.20. The van der Waals surface area contributed by atoms with Crippen molar-refractivity contribution in [1.29, 1.82) is 0 Å². The average Bonchev–Trinajstić information content (AvgIpc) is 2.39. The minimum atomic E-state index is -0.112. The lowest BCUT2D eigenvalue weighted by atomic mass is 10.3. The Morgan fingerprint density at radius 3 is 2.79 bits per heavy atom. The fourth-order valence-corrected chi connectivity index (χ4v) is 1.75. The highest BCUT2D eigenvalue weighted by atomic mass is 35.5. The number of anilines is 1. The van der Waals surface area contributed by atoms with E-state index in [0.717, 1.165) is 13.0 Å². The topological polar surface area (TPSA) is 59.6 Å². The molecule has 0 atom stereocenters. The molecule has 0 aliphatic heterocycles. The predicted octanol–water partition coefficient (Wildman–Crippen LogP) is 1.91. The molecule has 0 spiro atoms. The van der Waals surface area contributed by atoms with Crippen LogP contribution < -0.4 is 15.4 Å². The number of amides is 1. The number of rotatable bonds is 8. The van der Waals surface area contributed by atoms with Crippen molar-refractivity contribution in [2.45, 2.75) is 6.42 Å². The summed E-state index contributed by atoms with van der Waals surface area (Å²) in [6.45, 7) is 1.68. The molecule has 0 saturated carbocycles. The number of nitrogens with one attached hydrogen (secondary N) is 2. The molecule has 6 heteroatoms. The number of carbonyl (C=O) groups is 1. The molecule has 2 N–H and O–H groups in total. The molecule has 0 unspecified atom stereocenters. The first kappa shape index (κ1) is 15.8. The van der Waals surface area contributed by atoms with Crippen molar-refractivity contribution in [3.05, 3.63) is 23.2 Å². The lowest BCUT2D eigenvalue weighted by Crippen LogP contribution is -2.29. The van der Waals surface area contributed by atoms with Gasteiger partial charge in [0.2, 0.25) is 5.91 Å². The minimum Gasteiger partial charge on any atom is -0.495 e. The minimum absolute atomic E-state index is 0.112. The molecule has 1 aromatic carbocycles. The SMILES string of the molecule is COCCCNCC(=O)Nc1ccc(OC)c(Cl)c1. The quantitative estimate of drug-likeness (QED) is 0.717. The second-order valence-corrected chi connectivity index (χ2v) is 4.33. The van der Waals surface area contributed by atoms with Crippen LogP contribution in [0, 0.1) is 0 Å². The summed E-state index contributed by atoms with van der Waals surface area (Å²) in [4.78, 5) is 11.6. The van der Waals surface area contributed by atoms with Gasteiger partial charge >= 0.3 is 0 Å². The second-order valence-electron chi connectivity index (χ2n) is 3.92. The molecule has 0 heterocycles. The Morgan fingerprint density at radius 1 is 1.37 bits per heavy atom. The zero-order chi connectivity index (χ0) is 14.1. The molecule has 0 radical (unpaired) electrons. The van der Waals surface area contributed by atoms with Crippen molar-refractivity contribution in [2.75, 3.05) is 39.2 Å². The Morgan fingerprint density at radius 2 is 2.16 bits per heavy atom. The van der Waals surface area contributed by atoms with Gasteiger partial charge in [-0.25, -0.2) is 0 Å². The maximum Gasteiger partial charge on any atom is 0.238 e. The largest absolute Gasteiger partial charge is 0.495 e. The second kappa shape index (κ2) is 8.74. The third kappa shape index (κ3) is 5.92. The Labute approximate surface area is 118 Å². The van der Waals surface area contributed by atoms with Crippen molar-refractivity contribution >= 4 is 23.2 Å². The molecule has 1 amide bonds. The van der Waals surface area contributed by atoms with Gasteiger partial charge in [0.1, 0.15) is 5.75 Å². The molecule has 0 aromatic heterocycles. The van der Waals surface area contributed by atoms with Crippen LogP contribution in [0.3, 0.4) is 0 Å². The fraction of sp³-hybridized carbons (Fsp3) is 0.462. The van der Waals surface area contributed by atoms with Gasteiger partial charge in [-0.3, -0.25) is 4.79 Å². The summed E-state index contributed by atoms with van der Waals surface area (Å²) >= 11 is 5.97. The summed E-state index contributed by atoms with van der Waals surface area (Å²) in [5, 5.41) is 6.25. The molecule has 19 heavy (non-hydrogen) atoms. The number of methoxy groups -OCH3 is 2. The van der Waals surface area contributed by atoms with Crippen molar-refractivity contribution in [3.8, 4) is 5.75 Å². The summed E-state index contributed by atoms with van der Waals surface area (Å²) in [5.74, 6) is 0.469. The van der Waals surface area contributed by atoms with E-state index in [4.69, 9.17) is 21.1 Å². The summed E-state index contributed by atoms with van der Waals surface area (Å²) < 4.78 is 9.95. The third-order valence-electron chi connectivity index (χ3n) is 2.42. The average molecular weight is 287 g/mol. The van der Waals surface area contributed by atoms with Crippen molar-refractivity contribution < 1.29 is 14.3 Å². The lowest BCUT2D eigenvalue weighted by Gasteiger charge is -2.08. The molecule has 0 aliphatic carbocycles. The van der Waals surface area contributed by atoms with Crippen LogP contribution in [0.25, 0.3) is 0 Å².